The molecule has 0 atom stereocenters. The van der Waals surface area contributed by atoms with Gasteiger partial charge in [-0.05, 0) is 32.9 Å². The van der Waals surface area contributed by atoms with Crippen LogP contribution in [0, 0.1) is 0 Å². The summed E-state index contributed by atoms with van der Waals surface area (Å²) in [6.07, 6.45) is -0.200. The van der Waals surface area contributed by atoms with Crippen molar-refractivity contribution in [3.8, 4) is 11.6 Å². The van der Waals surface area contributed by atoms with E-state index in [2.05, 4.69) is 9.88 Å². The maximum atomic E-state index is 9.30. The standard InChI is InChI=1S/C18H23ClN2O3/c1-18(2,3)24-15-9-16(23-8-7-21-10-12(22)11-21)20-17-13(15)5-4-6-14(17)19/h4-6,9,12,22H,7-8,10-11H2,1-3H3. The summed E-state index contributed by atoms with van der Waals surface area (Å²) in [5.41, 5.74) is 0.344. The Morgan fingerprint density at radius 1 is 1.33 bits per heavy atom. The monoisotopic (exact) mass is 350 g/mol. The lowest BCUT2D eigenvalue weighted by Gasteiger charge is -2.35. The van der Waals surface area contributed by atoms with Crippen molar-refractivity contribution < 1.29 is 14.6 Å². The first-order valence-electron chi connectivity index (χ1n) is 8.13. The molecule has 1 aliphatic rings. The Hall–Kier alpha value is -1.56. The Morgan fingerprint density at radius 2 is 2.08 bits per heavy atom. The first-order valence-corrected chi connectivity index (χ1v) is 8.51. The zero-order chi connectivity index (χ0) is 17.3. The molecule has 0 spiro atoms. The number of rotatable bonds is 5. The number of para-hydroxylation sites is 1. The average molecular weight is 351 g/mol. The highest BCUT2D eigenvalue weighted by Crippen LogP contribution is 2.34. The third-order valence-corrected chi connectivity index (χ3v) is 4.05. The van der Waals surface area contributed by atoms with Crippen molar-refractivity contribution in [2.75, 3.05) is 26.2 Å². The highest BCUT2D eigenvalue weighted by molar-refractivity contribution is 6.35. The molecule has 1 aromatic carbocycles. The zero-order valence-corrected chi connectivity index (χ0v) is 15.0. The van der Waals surface area contributed by atoms with Crippen LogP contribution in [0.25, 0.3) is 10.9 Å². The molecule has 1 aromatic heterocycles. The van der Waals surface area contributed by atoms with Crippen molar-refractivity contribution in [3.05, 3.63) is 29.3 Å². The molecule has 1 saturated heterocycles. The molecule has 6 heteroatoms. The molecular formula is C18H23ClN2O3. The van der Waals surface area contributed by atoms with Gasteiger partial charge in [0.05, 0.1) is 16.6 Å². The minimum atomic E-state index is -0.332. The number of aliphatic hydroxyl groups is 1. The molecule has 5 nitrogen and oxygen atoms in total. The number of likely N-dealkylation sites (tertiary alicyclic amines) is 1. The SMILES string of the molecule is CC(C)(C)Oc1cc(OCCN2CC(O)C2)nc2c(Cl)cccc12. The van der Waals surface area contributed by atoms with Gasteiger partial charge >= 0.3 is 0 Å². The van der Waals surface area contributed by atoms with E-state index in [1.54, 1.807) is 0 Å². The van der Waals surface area contributed by atoms with Gasteiger partial charge in [-0.15, -0.1) is 0 Å². The van der Waals surface area contributed by atoms with Crippen molar-refractivity contribution in [2.24, 2.45) is 0 Å². The Labute approximate surface area is 147 Å². The predicted octanol–water partition coefficient (Wildman–Crippen LogP) is 3.12. The van der Waals surface area contributed by atoms with Crippen molar-refractivity contribution in [1.82, 2.24) is 9.88 Å². The molecule has 1 aliphatic heterocycles. The van der Waals surface area contributed by atoms with Crippen LogP contribution in [0.3, 0.4) is 0 Å². The van der Waals surface area contributed by atoms with E-state index in [0.717, 1.165) is 11.9 Å². The Kier molecular flexibility index (Phi) is 4.85. The van der Waals surface area contributed by atoms with E-state index in [0.29, 0.717) is 41.9 Å². The van der Waals surface area contributed by atoms with Gasteiger partial charge in [-0.25, -0.2) is 4.98 Å². The molecule has 0 radical (unpaired) electrons. The van der Waals surface area contributed by atoms with E-state index >= 15 is 0 Å². The van der Waals surface area contributed by atoms with Gasteiger partial charge in [-0.2, -0.15) is 0 Å². The van der Waals surface area contributed by atoms with Crippen LogP contribution in [0.1, 0.15) is 20.8 Å². The number of hydrogen-bond donors (Lipinski definition) is 1. The molecule has 1 N–H and O–H groups in total. The molecule has 0 bridgehead atoms. The lowest BCUT2D eigenvalue weighted by Crippen LogP contribution is -2.51. The fraction of sp³-hybridized carbons (Fsp3) is 0.500. The summed E-state index contributed by atoms with van der Waals surface area (Å²) in [5.74, 6) is 1.21. The second-order valence-electron chi connectivity index (χ2n) is 7.07. The average Bonchev–Trinajstić information content (AvgIpc) is 2.45. The smallest absolute Gasteiger partial charge is 0.217 e. The lowest BCUT2D eigenvalue weighted by atomic mass is 10.1. The van der Waals surface area contributed by atoms with Gasteiger partial charge in [0, 0.05) is 31.1 Å². The summed E-state index contributed by atoms with van der Waals surface area (Å²) in [6.45, 7) is 8.68. The first kappa shape index (κ1) is 17.3. The number of β-amino-alcohol motifs (C(OH)–C–C–N with tert-alkyl or cyclic N) is 1. The number of pyridine rings is 1. The quantitative estimate of drug-likeness (QED) is 0.897. The van der Waals surface area contributed by atoms with Gasteiger partial charge in [0.2, 0.25) is 5.88 Å². The highest BCUT2D eigenvalue weighted by atomic mass is 35.5. The highest BCUT2D eigenvalue weighted by Gasteiger charge is 2.23. The van der Waals surface area contributed by atoms with Crippen molar-refractivity contribution in [1.29, 1.82) is 0 Å². The molecule has 0 saturated carbocycles. The van der Waals surface area contributed by atoms with E-state index in [4.69, 9.17) is 21.1 Å². The van der Waals surface area contributed by atoms with Crippen LogP contribution in [0.4, 0.5) is 0 Å². The molecular weight excluding hydrogens is 328 g/mol. The first-order chi connectivity index (χ1) is 11.3. The van der Waals surface area contributed by atoms with Gasteiger partial charge in [0.25, 0.3) is 0 Å². The van der Waals surface area contributed by atoms with E-state index < -0.39 is 0 Å². The van der Waals surface area contributed by atoms with E-state index in [1.165, 1.54) is 0 Å². The number of ether oxygens (including phenoxy) is 2. The van der Waals surface area contributed by atoms with Crippen LogP contribution in [-0.4, -0.2) is 52.9 Å². The third-order valence-electron chi connectivity index (χ3n) is 3.74. The van der Waals surface area contributed by atoms with Gasteiger partial charge in [-0.3, -0.25) is 4.90 Å². The molecule has 1 fully saturated rings. The molecule has 2 heterocycles. The van der Waals surface area contributed by atoms with Crippen LogP contribution in [0.5, 0.6) is 11.6 Å². The summed E-state index contributed by atoms with van der Waals surface area (Å²) in [4.78, 5) is 6.65. The van der Waals surface area contributed by atoms with Crippen molar-refractivity contribution >= 4 is 22.5 Å². The second-order valence-corrected chi connectivity index (χ2v) is 7.48. The molecule has 2 aromatic rings. The van der Waals surface area contributed by atoms with Crippen LogP contribution in [0.2, 0.25) is 5.02 Å². The topological polar surface area (TPSA) is 54.8 Å². The number of halogens is 1. The molecule has 130 valence electrons. The number of hydrogen-bond acceptors (Lipinski definition) is 5. The molecule has 3 rings (SSSR count). The minimum Gasteiger partial charge on any atom is -0.487 e. The fourth-order valence-corrected chi connectivity index (χ4v) is 2.87. The van der Waals surface area contributed by atoms with Crippen LogP contribution in [0.15, 0.2) is 24.3 Å². The van der Waals surface area contributed by atoms with E-state index in [1.807, 2.05) is 45.0 Å². The van der Waals surface area contributed by atoms with E-state index in [9.17, 15) is 5.11 Å². The van der Waals surface area contributed by atoms with Crippen LogP contribution in [-0.2, 0) is 0 Å². The number of benzene rings is 1. The largest absolute Gasteiger partial charge is 0.487 e. The normalized spacial score (nSPS) is 16.2. The van der Waals surface area contributed by atoms with Crippen LogP contribution < -0.4 is 9.47 Å². The van der Waals surface area contributed by atoms with Crippen molar-refractivity contribution in [2.45, 2.75) is 32.5 Å². The van der Waals surface area contributed by atoms with Gasteiger partial charge < -0.3 is 14.6 Å². The summed E-state index contributed by atoms with van der Waals surface area (Å²) in [5, 5.41) is 10.7. The molecule has 0 aliphatic carbocycles. The molecule has 24 heavy (non-hydrogen) atoms. The summed E-state index contributed by atoms with van der Waals surface area (Å²) >= 11 is 6.29. The maximum Gasteiger partial charge on any atom is 0.217 e. The number of aromatic nitrogens is 1. The van der Waals surface area contributed by atoms with E-state index in [-0.39, 0.29) is 11.7 Å². The molecule has 0 unspecified atom stereocenters. The Morgan fingerprint density at radius 3 is 2.75 bits per heavy atom. The van der Waals surface area contributed by atoms with Gasteiger partial charge in [-0.1, -0.05) is 17.7 Å². The molecule has 0 amide bonds. The summed E-state index contributed by atoms with van der Waals surface area (Å²) in [7, 11) is 0. The summed E-state index contributed by atoms with van der Waals surface area (Å²) < 4.78 is 11.9. The lowest BCUT2D eigenvalue weighted by molar-refractivity contribution is -0.00411. The Balaban J connectivity index is 1.80. The fourth-order valence-electron chi connectivity index (χ4n) is 2.65. The van der Waals surface area contributed by atoms with Gasteiger partial charge in [0.15, 0.2) is 0 Å². The van der Waals surface area contributed by atoms with Crippen LogP contribution >= 0.6 is 11.6 Å². The predicted molar refractivity (Wildman–Crippen MR) is 95.1 cm³/mol. The second kappa shape index (κ2) is 6.75. The minimum absolute atomic E-state index is 0.200. The number of nitrogens with zero attached hydrogens (tertiary/aromatic N) is 2. The van der Waals surface area contributed by atoms with Crippen molar-refractivity contribution in [3.63, 3.8) is 0 Å². The van der Waals surface area contributed by atoms with Gasteiger partial charge in [0.1, 0.15) is 18.0 Å². The third kappa shape index (κ3) is 4.09. The zero-order valence-electron chi connectivity index (χ0n) is 14.3. The number of fused-ring (bicyclic) bond motifs is 1. The Bertz CT molecular complexity index is 724. The number of aliphatic hydroxyl groups excluding tert-OH is 1. The maximum absolute atomic E-state index is 9.30. The summed E-state index contributed by atoms with van der Waals surface area (Å²) in [6, 6.07) is 7.45.